The van der Waals surface area contributed by atoms with E-state index in [-0.39, 0.29) is 12.4 Å². The summed E-state index contributed by atoms with van der Waals surface area (Å²) in [6, 6.07) is 1.99. The molecule has 0 saturated carbocycles. The van der Waals surface area contributed by atoms with Gasteiger partial charge in [-0.3, -0.25) is 5.10 Å². The van der Waals surface area contributed by atoms with Gasteiger partial charge in [0.15, 0.2) is 11.5 Å². The minimum absolute atomic E-state index is 0. The molecule has 17 heavy (non-hydrogen) atoms. The van der Waals surface area contributed by atoms with E-state index in [0.29, 0.717) is 17.6 Å². The lowest BCUT2D eigenvalue weighted by atomic mass is 10.1. The van der Waals surface area contributed by atoms with Gasteiger partial charge in [-0.2, -0.15) is 10.1 Å². The van der Waals surface area contributed by atoms with Crippen LogP contribution in [0, 0.1) is 6.92 Å². The highest BCUT2D eigenvalue weighted by molar-refractivity contribution is 5.85. The molecule has 0 bridgehead atoms. The normalized spacial score (nSPS) is 19.2. The van der Waals surface area contributed by atoms with Crippen molar-refractivity contribution in [1.82, 2.24) is 25.7 Å². The number of nitrogens with zero attached hydrogens (tertiary/aromatic N) is 3. The van der Waals surface area contributed by atoms with Crippen LogP contribution in [0.4, 0.5) is 0 Å². The lowest BCUT2D eigenvalue weighted by Gasteiger charge is -2.02. The zero-order valence-electron chi connectivity index (χ0n) is 9.43. The number of halogens is 1. The zero-order valence-corrected chi connectivity index (χ0v) is 10.3. The van der Waals surface area contributed by atoms with Crippen molar-refractivity contribution in [2.45, 2.75) is 19.3 Å². The van der Waals surface area contributed by atoms with Gasteiger partial charge in [-0.05, 0) is 26.0 Å². The molecule has 2 aromatic heterocycles. The van der Waals surface area contributed by atoms with Gasteiger partial charge in [0.25, 0.3) is 5.89 Å². The van der Waals surface area contributed by atoms with Gasteiger partial charge in [-0.1, -0.05) is 5.16 Å². The average molecular weight is 256 g/mol. The van der Waals surface area contributed by atoms with E-state index in [2.05, 4.69) is 25.7 Å². The maximum Gasteiger partial charge on any atom is 0.278 e. The second-order valence-corrected chi connectivity index (χ2v) is 4.04. The summed E-state index contributed by atoms with van der Waals surface area (Å²) >= 11 is 0. The van der Waals surface area contributed by atoms with Crippen LogP contribution < -0.4 is 5.32 Å². The van der Waals surface area contributed by atoms with E-state index in [1.807, 2.05) is 6.07 Å². The Labute approximate surface area is 105 Å². The maximum atomic E-state index is 5.07. The van der Waals surface area contributed by atoms with Crippen LogP contribution in [0.2, 0.25) is 0 Å². The molecule has 1 unspecified atom stereocenters. The third-order valence-corrected chi connectivity index (χ3v) is 2.84. The third kappa shape index (κ3) is 2.32. The second-order valence-electron chi connectivity index (χ2n) is 4.04. The van der Waals surface area contributed by atoms with Crippen LogP contribution in [-0.2, 0) is 0 Å². The van der Waals surface area contributed by atoms with Gasteiger partial charge >= 0.3 is 0 Å². The molecule has 3 heterocycles. The summed E-state index contributed by atoms with van der Waals surface area (Å²) in [5, 5.41) is 14.3. The van der Waals surface area contributed by atoms with Crippen LogP contribution in [0.3, 0.4) is 0 Å². The van der Waals surface area contributed by atoms with E-state index >= 15 is 0 Å². The number of H-pyrrole nitrogens is 1. The van der Waals surface area contributed by atoms with Crippen molar-refractivity contribution in [2.75, 3.05) is 13.1 Å². The molecular weight excluding hydrogens is 242 g/mol. The highest BCUT2D eigenvalue weighted by Gasteiger charge is 2.20. The minimum atomic E-state index is 0. The number of aryl methyl sites for hydroxylation is 1. The first-order valence-electron chi connectivity index (χ1n) is 5.39. The van der Waals surface area contributed by atoms with Crippen LogP contribution in [0.5, 0.6) is 0 Å². The fourth-order valence-corrected chi connectivity index (χ4v) is 1.98. The minimum Gasteiger partial charge on any atom is -0.332 e. The standard InChI is InChI=1S/C10H13N5O.ClH/c1-6-12-10(16-15-6)9-4-8(13-14-9)7-2-3-11-5-7;/h4,7,11H,2-3,5H2,1H3,(H,13,14);1H. The Balaban J connectivity index is 0.00000108. The molecule has 0 aliphatic carbocycles. The average Bonchev–Trinajstić information content (AvgIpc) is 2.97. The lowest BCUT2D eigenvalue weighted by Crippen LogP contribution is -2.08. The van der Waals surface area contributed by atoms with Gasteiger partial charge < -0.3 is 9.84 Å². The molecule has 0 aromatic carbocycles. The van der Waals surface area contributed by atoms with Crippen molar-refractivity contribution in [1.29, 1.82) is 0 Å². The summed E-state index contributed by atoms with van der Waals surface area (Å²) in [4.78, 5) is 4.14. The number of aromatic nitrogens is 4. The van der Waals surface area contributed by atoms with Gasteiger partial charge in [0.2, 0.25) is 0 Å². The molecule has 0 amide bonds. The Hall–Kier alpha value is -1.40. The van der Waals surface area contributed by atoms with Crippen LogP contribution in [-0.4, -0.2) is 33.4 Å². The molecule has 3 rings (SSSR count). The molecule has 1 aliphatic rings. The molecule has 0 radical (unpaired) electrons. The number of hydrogen-bond donors (Lipinski definition) is 2. The highest BCUT2D eigenvalue weighted by atomic mass is 35.5. The lowest BCUT2D eigenvalue weighted by molar-refractivity contribution is 0.424. The van der Waals surface area contributed by atoms with Gasteiger partial charge in [0.05, 0.1) is 0 Å². The third-order valence-electron chi connectivity index (χ3n) is 2.84. The Morgan fingerprint density at radius 1 is 1.47 bits per heavy atom. The van der Waals surface area contributed by atoms with E-state index < -0.39 is 0 Å². The highest BCUT2D eigenvalue weighted by Crippen LogP contribution is 2.24. The molecule has 2 aromatic rings. The summed E-state index contributed by atoms with van der Waals surface area (Å²) in [5.41, 5.74) is 1.86. The quantitative estimate of drug-likeness (QED) is 0.845. The van der Waals surface area contributed by atoms with E-state index in [1.165, 1.54) is 0 Å². The predicted molar refractivity (Wildman–Crippen MR) is 64.1 cm³/mol. The van der Waals surface area contributed by atoms with Gasteiger partial charge in [0, 0.05) is 18.2 Å². The zero-order chi connectivity index (χ0) is 11.0. The van der Waals surface area contributed by atoms with Crippen molar-refractivity contribution >= 4 is 12.4 Å². The van der Waals surface area contributed by atoms with Crippen LogP contribution in [0.15, 0.2) is 10.6 Å². The predicted octanol–water partition coefficient (Wildman–Crippen LogP) is 1.27. The van der Waals surface area contributed by atoms with Crippen LogP contribution in [0.1, 0.15) is 23.9 Å². The van der Waals surface area contributed by atoms with E-state index in [4.69, 9.17) is 4.52 Å². The molecule has 0 spiro atoms. The Kier molecular flexibility index (Phi) is 3.44. The Morgan fingerprint density at radius 3 is 3.00 bits per heavy atom. The fraction of sp³-hybridized carbons (Fsp3) is 0.500. The van der Waals surface area contributed by atoms with Crippen LogP contribution in [0.25, 0.3) is 11.6 Å². The number of nitrogens with one attached hydrogen (secondary N) is 2. The number of aromatic amines is 1. The van der Waals surface area contributed by atoms with Gasteiger partial charge in [0.1, 0.15) is 0 Å². The molecule has 6 nitrogen and oxygen atoms in total. The van der Waals surface area contributed by atoms with Gasteiger partial charge in [-0.25, -0.2) is 0 Å². The van der Waals surface area contributed by atoms with Gasteiger partial charge in [-0.15, -0.1) is 12.4 Å². The summed E-state index contributed by atoms with van der Waals surface area (Å²) in [6.45, 7) is 3.87. The van der Waals surface area contributed by atoms with Crippen molar-refractivity contribution in [3.05, 3.63) is 17.6 Å². The van der Waals surface area contributed by atoms with E-state index in [9.17, 15) is 0 Å². The largest absolute Gasteiger partial charge is 0.332 e. The molecule has 1 fully saturated rings. The summed E-state index contributed by atoms with van der Waals surface area (Å²) in [6.07, 6.45) is 1.14. The molecule has 1 saturated heterocycles. The number of hydrogen-bond acceptors (Lipinski definition) is 5. The Morgan fingerprint density at radius 2 is 2.35 bits per heavy atom. The van der Waals surface area contributed by atoms with E-state index in [1.54, 1.807) is 6.92 Å². The molecule has 92 valence electrons. The monoisotopic (exact) mass is 255 g/mol. The van der Waals surface area contributed by atoms with Crippen molar-refractivity contribution in [2.24, 2.45) is 0 Å². The Bertz CT molecular complexity index is 488. The first-order valence-corrected chi connectivity index (χ1v) is 5.39. The van der Waals surface area contributed by atoms with Crippen molar-refractivity contribution in [3.63, 3.8) is 0 Å². The smallest absolute Gasteiger partial charge is 0.278 e. The molecular formula is C10H14ClN5O. The molecule has 1 aliphatic heterocycles. The topological polar surface area (TPSA) is 79.6 Å². The first kappa shape index (κ1) is 12.1. The summed E-state index contributed by atoms with van der Waals surface area (Å²) < 4.78 is 5.07. The molecule has 1 atom stereocenters. The fourth-order valence-electron chi connectivity index (χ4n) is 1.98. The SMILES string of the molecule is Cc1noc(-c2cc(C3CCNC3)[nH]n2)n1.Cl. The summed E-state index contributed by atoms with van der Waals surface area (Å²) in [5.74, 6) is 1.62. The van der Waals surface area contributed by atoms with Crippen LogP contribution >= 0.6 is 12.4 Å². The molecule has 7 heteroatoms. The first-order chi connectivity index (χ1) is 7.83. The van der Waals surface area contributed by atoms with E-state index in [0.717, 1.165) is 30.9 Å². The molecule has 2 N–H and O–H groups in total. The van der Waals surface area contributed by atoms with Crippen molar-refractivity contribution < 1.29 is 4.52 Å². The number of rotatable bonds is 2. The maximum absolute atomic E-state index is 5.07. The summed E-state index contributed by atoms with van der Waals surface area (Å²) in [7, 11) is 0. The van der Waals surface area contributed by atoms with Crippen molar-refractivity contribution in [3.8, 4) is 11.6 Å². The second kappa shape index (κ2) is 4.85.